The van der Waals surface area contributed by atoms with Gasteiger partial charge in [0.1, 0.15) is 12.1 Å². The highest BCUT2D eigenvalue weighted by molar-refractivity contribution is 8.00. The van der Waals surface area contributed by atoms with Gasteiger partial charge in [0, 0.05) is 5.69 Å². The van der Waals surface area contributed by atoms with Crippen LogP contribution in [0.5, 0.6) is 0 Å². The number of amides is 1. The second kappa shape index (κ2) is 7.35. The van der Waals surface area contributed by atoms with Crippen molar-refractivity contribution >= 4 is 23.4 Å². The smallest absolute Gasteiger partial charge is 0.237 e. The van der Waals surface area contributed by atoms with E-state index in [1.807, 2.05) is 54.8 Å². The third-order valence-corrected chi connectivity index (χ3v) is 4.55. The number of carbonyl (C=O) groups is 1. The van der Waals surface area contributed by atoms with Crippen molar-refractivity contribution in [2.24, 2.45) is 0 Å². The van der Waals surface area contributed by atoms with Crippen molar-refractivity contribution in [3.8, 4) is 0 Å². The summed E-state index contributed by atoms with van der Waals surface area (Å²) in [5, 5.41) is 11.3. The lowest BCUT2D eigenvalue weighted by Crippen LogP contribution is -2.22. The molecule has 0 radical (unpaired) electrons. The first-order valence-corrected chi connectivity index (χ1v) is 8.44. The van der Waals surface area contributed by atoms with Crippen LogP contribution in [0.1, 0.15) is 18.2 Å². The summed E-state index contributed by atoms with van der Waals surface area (Å²) in [6.07, 6.45) is 3.26. The molecule has 1 amide bonds. The van der Waals surface area contributed by atoms with E-state index in [9.17, 15) is 4.79 Å². The number of hydrogen-bond donors (Lipinski definition) is 1. The molecule has 124 valence electrons. The zero-order chi connectivity index (χ0) is 16.9. The normalized spacial score (nSPS) is 12.1. The number of furan rings is 1. The molecule has 3 rings (SSSR count). The number of nitrogens with one attached hydrogen (secondary N) is 1. The Balaban J connectivity index is 1.62. The van der Waals surface area contributed by atoms with Crippen LogP contribution in [-0.4, -0.2) is 25.9 Å². The molecule has 7 heteroatoms. The van der Waals surface area contributed by atoms with Crippen molar-refractivity contribution < 1.29 is 9.21 Å². The molecule has 1 aromatic carbocycles. The molecule has 24 heavy (non-hydrogen) atoms. The summed E-state index contributed by atoms with van der Waals surface area (Å²) in [5.74, 6) is 0.741. The van der Waals surface area contributed by atoms with Gasteiger partial charge in [-0.15, -0.1) is 10.2 Å². The molecule has 0 aliphatic rings. The highest BCUT2D eigenvalue weighted by Gasteiger charge is 2.18. The third-order valence-electron chi connectivity index (χ3n) is 3.46. The molecular formula is C17H18N4O2S. The Bertz CT molecular complexity index is 796. The Labute approximate surface area is 144 Å². The van der Waals surface area contributed by atoms with Crippen LogP contribution in [0.4, 0.5) is 5.69 Å². The number of aryl methyl sites for hydroxylation is 1. The number of carbonyl (C=O) groups excluding carboxylic acids is 1. The van der Waals surface area contributed by atoms with Crippen molar-refractivity contribution in [1.29, 1.82) is 0 Å². The van der Waals surface area contributed by atoms with E-state index in [0.717, 1.165) is 17.0 Å². The van der Waals surface area contributed by atoms with E-state index in [2.05, 4.69) is 15.5 Å². The topological polar surface area (TPSA) is 73.0 Å². The summed E-state index contributed by atoms with van der Waals surface area (Å²) < 4.78 is 7.20. The van der Waals surface area contributed by atoms with Gasteiger partial charge in [0.25, 0.3) is 0 Å². The fraction of sp³-hybridized carbons (Fsp3) is 0.235. The van der Waals surface area contributed by atoms with Crippen LogP contribution in [0.25, 0.3) is 0 Å². The number of nitrogens with zero attached hydrogens (tertiary/aromatic N) is 3. The lowest BCUT2D eigenvalue weighted by Gasteiger charge is -2.12. The Kier molecular flexibility index (Phi) is 5.00. The minimum atomic E-state index is -0.300. The molecule has 0 unspecified atom stereocenters. The fourth-order valence-electron chi connectivity index (χ4n) is 2.11. The molecule has 2 aromatic heterocycles. The van der Waals surface area contributed by atoms with E-state index in [4.69, 9.17) is 4.42 Å². The van der Waals surface area contributed by atoms with Gasteiger partial charge in [-0.3, -0.25) is 4.79 Å². The first-order chi connectivity index (χ1) is 11.6. The van der Waals surface area contributed by atoms with E-state index in [1.54, 1.807) is 12.6 Å². The van der Waals surface area contributed by atoms with E-state index >= 15 is 0 Å². The Hall–Kier alpha value is -2.54. The van der Waals surface area contributed by atoms with Gasteiger partial charge in [-0.1, -0.05) is 29.5 Å². The highest BCUT2D eigenvalue weighted by atomic mass is 32.2. The molecule has 0 saturated heterocycles. The molecule has 1 N–H and O–H groups in total. The lowest BCUT2D eigenvalue weighted by molar-refractivity contribution is -0.115. The van der Waals surface area contributed by atoms with Crippen LogP contribution in [0.15, 0.2) is 58.6 Å². The number of rotatable bonds is 6. The maximum Gasteiger partial charge on any atom is 0.237 e. The summed E-state index contributed by atoms with van der Waals surface area (Å²) in [5.41, 5.74) is 1.94. The first kappa shape index (κ1) is 16.3. The van der Waals surface area contributed by atoms with Gasteiger partial charge in [0.05, 0.1) is 18.1 Å². The van der Waals surface area contributed by atoms with Crippen LogP contribution in [0.3, 0.4) is 0 Å². The van der Waals surface area contributed by atoms with Gasteiger partial charge in [-0.05, 0) is 38.1 Å². The van der Waals surface area contributed by atoms with Crippen molar-refractivity contribution in [2.45, 2.75) is 30.8 Å². The summed E-state index contributed by atoms with van der Waals surface area (Å²) >= 11 is 1.36. The van der Waals surface area contributed by atoms with Gasteiger partial charge in [-0.2, -0.15) is 0 Å². The molecule has 3 aromatic rings. The molecule has 6 nitrogen and oxygen atoms in total. The highest BCUT2D eigenvalue weighted by Crippen LogP contribution is 2.23. The van der Waals surface area contributed by atoms with Crippen molar-refractivity contribution in [3.63, 3.8) is 0 Å². The monoisotopic (exact) mass is 342 g/mol. The van der Waals surface area contributed by atoms with Crippen molar-refractivity contribution in [2.75, 3.05) is 5.32 Å². The number of hydrogen-bond acceptors (Lipinski definition) is 5. The Morgan fingerprint density at radius 1 is 1.33 bits per heavy atom. The number of anilines is 1. The molecule has 2 heterocycles. The van der Waals surface area contributed by atoms with Crippen LogP contribution in [0, 0.1) is 6.92 Å². The average molecular weight is 342 g/mol. The Morgan fingerprint density at radius 3 is 2.83 bits per heavy atom. The SMILES string of the molecule is Cc1ccc(NC(=O)[C@H](C)Sc2nncn2Cc2ccco2)cc1. The van der Waals surface area contributed by atoms with Gasteiger partial charge >= 0.3 is 0 Å². The van der Waals surface area contributed by atoms with Gasteiger partial charge in [0.15, 0.2) is 5.16 Å². The average Bonchev–Trinajstić information content (AvgIpc) is 3.22. The molecule has 0 saturated carbocycles. The summed E-state index contributed by atoms with van der Waals surface area (Å²) in [6, 6.07) is 11.4. The van der Waals surface area contributed by atoms with Crippen LogP contribution >= 0.6 is 11.8 Å². The van der Waals surface area contributed by atoms with Crippen LogP contribution < -0.4 is 5.32 Å². The number of aromatic nitrogens is 3. The minimum absolute atomic E-state index is 0.0728. The van der Waals surface area contributed by atoms with Crippen LogP contribution in [0.2, 0.25) is 0 Å². The van der Waals surface area contributed by atoms with E-state index in [0.29, 0.717) is 11.7 Å². The molecule has 1 atom stereocenters. The number of thioether (sulfide) groups is 1. The maximum atomic E-state index is 12.3. The summed E-state index contributed by atoms with van der Waals surface area (Å²) in [7, 11) is 0. The molecular weight excluding hydrogens is 324 g/mol. The second-order valence-corrected chi connectivity index (χ2v) is 6.74. The molecule has 0 bridgehead atoms. The van der Waals surface area contributed by atoms with Crippen LogP contribution in [-0.2, 0) is 11.3 Å². The molecule has 0 spiro atoms. The minimum Gasteiger partial charge on any atom is -0.467 e. The summed E-state index contributed by atoms with van der Waals surface area (Å²) in [6.45, 7) is 4.39. The predicted molar refractivity (Wildman–Crippen MR) is 93.0 cm³/mol. The first-order valence-electron chi connectivity index (χ1n) is 7.56. The van der Waals surface area contributed by atoms with E-state index < -0.39 is 0 Å². The molecule has 0 fully saturated rings. The van der Waals surface area contributed by atoms with Gasteiger partial charge in [-0.25, -0.2) is 0 Å². The number of benzene rings is 1. The van der Waals surface area contributed by atoms with Crippen molar-refractivity contribution in [3.05, 3.63) is 60.3 Å². The lowest BCUT2D eigenvalue weighted by atomic mass is 10.2. The standard InChI is InChI=1S/C17H18N4O2S/c1-12-5-7-14(8-6-12)19-16(22)13(2)24-17-20-18-11-21(17)10-15-4-3-9-23-15/h3-9,11,13H,10H2,1-2H3,(H,19,22)/t13-/m0/s1. The second-order valence-electron chi connectivity index (χ2n) is 5.44. The van der Waals surface area contributed by atoms with Gasteiger partial charge in [0.2, 0.25) is 5.91 Å². The maximum absolute atomic E-state index is 12.3. The quantitative estimate of drug-likeness (QED) is 0.696. The molecule has 0 aliphatic heterocycles. The van der Waals surface area contributed by atoms with E-state index in [-0.39, 0.29) is 11.2 Å². The van der Waals surface area contributed by atoms with Crippen molar-refractivity contribution in [1.82, 2.24) is 14.8 Å². The zero-order valence-corrected chi connectivity index (χ0v) is 14.3. The predicted octanol–water partition coefficient (Wildman–Crippen LogP) is 3.35. The largest absolute Gasteiger partial charge is 0.467 e. The molecule has 0 aliphatic carbocycles. The summed E-state index contributed by atoms with van der Waals surface area (Å²) in [4.78, 5) is 12.3. The zero-order valence-electron chi connectivity index (χ0n) is 13.5. The van der Waals surface area contributed by atoms with E-state index in [1.165, 1.54) is 11.8 Å². The third kappa shape index (κ3) is 4.05. The Morgan fingerprint density at radius 2 is 2.12 bits per heavy atom. The fourth-order valence-corrected chi connectivity index (χ4v) is 2.93. The van der Waals surface area contributed by atoms with Gasteiger partial charge < -0.3 is 14.3 Å².